The average Bonchev–Trinajstić information content (AvgIpc) is 2.61. The third-order valence-corrected chi connectivity index (χ3v) is 3.27. The molecule has 0 saturated carbocycles. The fraction of sp³-hybridized carbons (Fsp3) is 0.250. The van der Waals surface area contributed by atoms with Gasteiger partial charge >= 0.3 is 0 Å². The van der Waals surface area contributed by atoms with Crippen LogP contribution in [0.4, 0.5) is 0 Å². The van der Waals surface area contributed by atoms with Gasteiger partial charge in [-0.2, -0.15) is 0 Å². The number of nitrogens with zero attached hydrogens (tertiary/aromatic N) is 1. The van der Waals surface area contributed by atoms with Gasteiger partial charge in [-0.3, -0.25) is 0 Å². The van der Waals surface area contributed by atoms with E-state index in [4.69, 9.17) is 14.5 Å². The van der Waals surface area contributed by atoms with Crippen molar-refractivity contribution in [3.05, 3.63) is 54.6 Å². The number of benzene rings is 2. The largest absolute Gasteiger partial charge is 0.497 e. The third kappa shape index (κ3) is 4.01. The molecule has 3 heteroatoms. The highest BCUT2D eigenvalue weighted by atomic mass is 16.5. The third-order valence-electron chi connectivity index (χ3n) is 3.27. The zero-order chi connectivity index (χ0) is 16.7. The molecule has 0 bridgehead atoms. The van der Waals surface area contributed by atoms with Crippen molar-refractivity contribution in [2.75, 3.05) is 14.2 Å². The van der Waals surface area contributed by atoms with Crippen LogP contribution < -0.4 is 9.47 Å². The Labute approximate surface area is 137 Å². The van der Waals surface area contributed by atoms with Crippen molar-refractivity contribution in [3.63, 3.8) is 0 Å². The summed E-state index contributed by atoms with van der Waals surface area (Å²) in [5.41, 5.74) is 2.82. The van der Waals surface area contributed by atoms with Crippen LogP contribution in [0.3, 0.4) is 0 Å². The zero-order valence-corrected chi connectivity index (χ0v) is 14.2. The molecule has 0 aliphatic rings. The lowest BCUT2D eigenvalue weighted by Gasteiger charge is -2.10. The van der Waals surface area contributed by atoms with Gasteiger partial charge in [0.2, 0.25) is 0 Å². The molecule has 0 atom stereocenters. The summed E-state index contributed by atoms with van der Waals surface area (Å²) in [6.45, 7) is 4.25. The molecule has 1 heterocycles. The van der Waals surface area contributed by atoms with Crippen molar-refractivity contribution in [1.82, 2.24) is 4.98 Å². The van der Waals surface area contributed by atoms with Gasteiger partial charge in [0.05, 0.1) is 25.4 Å². The minimum Gasteiger partial charge on any atom is -0.497 e. The Morgan fingerprint density at radius 1 is 0.870 bits per heavy atom. The Bertz CT molecular complexity index is 754. The molecule has 3 aromatic rings. The number of pyridine rings is 1. The molecule has 0 radical (unpaired) electrons. The summed E-state index contributed by atoms with van der Waals surface area (Å²) < 4.78 is 10.7. The molecular formula is C20H23NO2. The first-order valence-corrected chi connectivity index (χ1v) is 7.81. The van der Waals surface area contributed by atoms with Crippen LogP contribution in [-0.2, 0) is 0 Å². The minimum absolute atomic E-state index is 0.789. The monoisotopic (exact) mass is 309 g/mol. The summed E-state index contributed by atoms with van der Waals surface area (Å²) in [6, 6.07) is 17.8. The molecule has 0 N–H and O–H groups in total. The Kier molecular flexibility index (Phi) is 5.98. The second kappa shape index (κ2) is 8.18. The van der Waals surface area contributed by atoms with Gasteiger partial charge < -0.3 is 9.47 Å². The van der Waals surface area contributed by atoms with Crippen molar-refractivity contribution in [1.29, 1.82) is 0 Å². The summed E-state index contributed by atoms with van der Waals surface area (Å²) in [5, 5.41) is 0.980. The van der Waals surface area contributed by atoms with Gasteiger partial charge in [-0.05, 0) is 12.1 Å². The van der Waals surface area contributed by atoms with Gasteiger partial charge in [-0.15, -0.1) is 0 Å². The summed E-state index contributed by atoms with van der Waals surface area (Å²) in [5.74, 6) is 1.61. The smallest absolute Gasteiger partial charge is 0.130 e. The van der Waals surface area contributed by atoms with E-state index in [0.29, 0.717) is 0 Å². The number of rotatable bonds is 3. The first-order valence-electron chi connectivity index (χ1n) is 7.81. The van der Waals surface area contributed by atoms with E-state index < -0.39 is 0 Å². The number of ether oxygens (including phenoxy) is 2. The highest BCUT2D eigenvalue weighted by Crippen LogP contribution is 2.31. The predicted octanol–water partition coefficient (Wildman–Crippen LogP) is 5.34. The maximum absolute atomic E-state index is 5.48. The number of hydrogen-bond acceptors (Lipinski definition) is 3. The van der Waals surface area contributed by atoms with Crippen molar-refractivity contribution in [2.45, 2.75) is 20.3 Å². The van der Waals surface area contributed by atoms with Gasteiger partial charge in [0, 0.05) is 23.1 Å². The molecule has 2 aromatic carbocycles. The van der Waals surface area contributed by atoms with Crippen LogP contribution in [0.5, 0.6) is 11.5 Å². The predicted molar refractivity (Wildman–Crippen MR) is 96.2 cm³/mol. The topological polar surface area (TPSA) is 31.4 Å². The van der Waals surface area contributed by atoms with Gasteiger partial charge in [0.25, 0.3) is 0 Å². The van der Waals surface area contributed by atoms with Crippen LogP contribution in [0.25, 0.3) is 22.2 Å². The molecule has 0 amide bonds. The molecular weight excluding hydrogens is 286 g/mol. The van der Waals surface area contributed by atoms with E-state index in [1.807, 2.05) is 54.6 Å². The molecule has 0 saturated heterocycles. The molecule has 0 unspecified atom stereocenters. The Morgan fingerprint density at radius 2 is 1.57 bits per heavy atom. The van der Waals surface area contributed by atoms with Crippen molar-refractivity contribution >= 4 is 10.9 Å². The fourth-order valence-corrected chi connectivity index (χ4v) is 2.23. The van der Waals surface area contributed by atoms with E-state index in [0.717, 1.165) is 33.7 Å². The Balaban J connectivity index is 0.000000595. The van der Waals surface area contributed by atoms with Crippen molar-refractivity contribution in [2.24, 2.45) is 0 Å². The second-order valence-electron chi connectivity index (χ2n) is 5.17. The molecule has 0 aliphatic carbocycles. The van der Waals surface area contributed by atoms with Crippen LogP contribution in [0, 0.1) is 0 Å². The molecule has 1 aromatic heterocycles. The van der Waals surface area contributed by atoms with E-state index >= 15 is 0 Å². The molecule has 3 nitrogen and oxygen atoms in total. The number of methoxy groups -OCH3 is 2. The maximum Gasteiger partial charge on any atom is 0.130 e. The van der Waals surface area contributed by atoms with Crippen LogP contribution >= 0.6 is 0 Å². The second-order valence-corrected chi connectivity index (χ2v) is 5.17. The molecule has 23 heavy (non-hydrogen) atoms. The summed E-state index contributed by atoms with van der Waals surface area (Å²) >= 11 is 0. The fourth-order valence-electron chi connectivity index (χ4n) is 2.23. The van der Waals surface area contributed by atoms with E-state index in [1.54, 1.807) is 14.2 Å². The normalized spacial score (nSPS) is 9.91. The summed E-state index contributed by atoms with van der Waals surface area (Å²) in [4.78, 5) is 4.70. The minimum atomic E-state index is 0.789. The first kappa shape index (κ1) is 16.8. The summed E-state index contributed by atoms with van der Waals surface area (Å²) in [7, 11) is 3.33. The summed E-state index contributed by atoms with van der Waals surface area (Å²) in [6.07, 6.45) is 1.25. The van der Waals surface area contributed by atoms with E-state index in [2.05, 4.69) is 13.8 Å². The van der Waals surface area contributed by atoms with E-state index in [1.165, 1.54) is 6.42 Å². The van der Waals surface area contributed by atoms with Gasteiger partial charge in [-0.1, -0.05) is 50.6 Å². The van der Waals surface area contributed by atoms with E-state index in [9.17, 15) is 0 Å². The van der Waals surface area contributed by atoms with Crippen molar-refractivity contribution in [3.8, 4) is 22.8 Å². The maximum atomic E-state index is 5.48. The molecule has 0 aliphatic heterocycles. The lowest BCUT2D eigenvalue weighted by molar-refractivity contribution is 0.414. The quantitative estimate of drug-likeness (QED) is 0.655. The zero-order valence-electron chi connectivity index (χ0n) is 14.2. The lowest BCUT2D eigenvalue weighted by atomic mass is 10.1. The number of fused-ring (bicyclic) bond motifs is 1. The van der Waals surface area contributed by atoms with Crippen LogP contribution in [0.2, 0.25) is 0 Å². The van der Waals surface area contributed by atoms with Crippen LogP contribution in [0.1, 0.15) is 20.3 Å². The Hall–Kier alpha value is -2.55. The van der Waals surface area contributed by atoms with Crippen molar-refractivity contribution < 1.29 is 9.47 Å². The molecule has 3 rings (SSSR count). The standard InChI is InChI=1S/C17H15NO2.C3H8/c1-19-13-8-9-14-16(10-13)18-15(11-17(14)20-2)12-6-4-3-5-7-12;1-3-2/h3-11H,1-2H3;3H2,1-2H3. The highest BCUT2D eigenvalue weighted by Gasteiger charge is 2.08. The van der Waals surface area contributed by atoms with Crippen LogP contribution in [0.15, 0.2) is 54.6 Å². The molecule has 120 valence electrons. The van der Waals surface area contributed by atoms with E-state index in [-0.39, 0.29) is 0 Å². The SMILES string of the molecule is CCC.COc1ccc2c(OC)cc(-c3ccccc3)nc2c1. The Morgan fingerprint density at radius 3 is 2.17 bits per heavy atom. The number of aromatic nitrogens is 1. The highest BCUT2D eigenvalue weighted by molar-refractivity contribution is 5.88. The number of hydrogen-bond donors (Lipinski definition) is 0. The molecule has 0 fully saturated rings. The van der Waals surface area contributed by atoms with Gasteiger partial charge in [0.15, 0.2) is 0 Å². The average molecular weight is 309 g/mol. The van der Waals surface area contributed by atoms with Gasteiger partial charge in [0.1, 0.15) is 11.5 Å². The first-order chi connectivity index (χ1) is 11.2. The lowest BCUT2D eigenvalue weighted by Crippen LogP contribution is -1.92. The van der Waals surface area contributed by atoms with Crippen LogP contribution in [-0.4, -0.2) is 19.2 Å². The molecule has 0 spiro atoms. The van der Waals surface area contributed by atoms with Gasteiger partial charge in [-0.25, -0.2) is 4.98 Å².